The summed E-state index contributed by atoms with van der Waals surface area (Å²) in [4.78, 5) is 6.77. The number of rotatable bonds is 6. The Morgan fingerprint density at radius 2 is 2.25 bits per heavy atom. The Bertz CT molecular complexity index is 322. The summed E-state index contributed by atoms with van der Waals surface area (Å²) in [5, 5.41) is 7.22. The van der Waals surface area contributed by atoms with E-state index in [1.54, 1.807) is 0 Å². The van der Waals surface area contributed by atoms with Crippen LogP contribution in [0.15, 0.2) is 4.52 Å². The van der Waals surface area contributed by atoms with Gasteiger partial charge in [0.2, 0.25) is 5.89 Å². The number of aromatic nitrogens is 2. The zero-order valence-corrected chi connectivity index (χ0v) is 10.1. The lowest BCUT2D eigenvalue weighted by Gasteiger charge is -2.37. The standard InChI is InChI=1S/C11H20N4O/c1-3-5-15(9-6-12-7-9)8-11-13-10(4-2)14-16-11/h9,12H,3-8H2,1-2H3. The van der Waals surface area contributed by atoms with Gasteiger partial charge in [-0.2, -0.15) is 4.98 Å². The maximum absolute atomic E-state index is 5.23. The highest BCUT2D eigenvalue weighted by atomic mass is 16.5. The first-order valence-corrected chi connectivity index (χ1v) is 6.09. The summed E-state index contributed by atoms with van der Waals surface area (Å²) in [7, 11) is 0. The predicted molar refractivity (Wildman–Crippen MR) is 61.0 cm³/mol. The number of nitrogens with one attached hydrogen (secondary N) is 1. The van der Waals surface area contributed by atoms with Gasteiger partial charge < -0.3 is 9.84 Å². The summed E-state index contributed by atoms with van der Waals surface area (Å²) in [6.07, 6.45) is 1.99. The summed E-state index contributed by atoms with van der Waals surface area (Å²) >= 11 is 0. The molecule has 2 rings (SSSR count). The molecular weight excluding hydrogens is 204 g/mol. The van der Waals surface area contributed by atoms with E-state index in [1.807, 2.05) is 6.92 Å². The van der Waals surface area contributed by atoms with E-state index in [0.29, 0.717) is 6.04 Å². The zero-order chi connectivity index (χ0) is 11.4. The summed E-state index contributed by atoms with van der Waals surface area (Å²) in [6, 6.07) is 0.636. The zero-order valence-electron chi connectivity index (χ0n) is 10.1. The molecular formula is C11H20N4O. The van der Waals surface area contributed by atoms with E-state index >= 15 is 0 Å². The van der Waals surface area contributed by atoms with E-state index < -0.39 is 0 Å². The Balaban J connectivity index is 1.93. The van der Waals surface area contributed by atoms with Crippen LogP contribution in [0.1, 0.15) is 32.0 Å². The molecule has 1 aliphatic rings. The normalized spacial score (nSPS) is 16.7. The third-order valence-corrected chi connectivity index (χ3v) is 2.95. The van der Waals surface area contributed by atoms with Gasteiger partial charge in [-0.3, -0.25) is 4.90 Å². The second kappa shape index (κ2) is 5.41. The van der Waals surface area contributed by atoms with Crippen molar-refractivity contribution >= 4 is 0 Å². The minimum Gasteiger partial charge on any atom is -0.338 e. The number of nitrogens with zero attached hydrogens (tertiary/aromatic N) is 3. The first kappa shape index (κ1) is 11.5. The molecule has 1 N–H and O–H groups in total. The van der Waals surface area contributed by atoms with Crippen molar-refractivity contribution in [3.8, 4) is 0 Å². The summed E-state index contributed by atoms with van der Waals surface area (Å²) in [5.41, 5.74) is 0. The molecule has 2 heterocycles. The fraction of sp³-hybridized carbons (Fsp3) is 0.818. The SMILES string of the molecule is CCCN(Cc1nc(CC)no1)C1CNC1. The van der Waals surface area contributed by atoms with Crippen LogP contribution < -0.4 is 5.32 Å². The number of aryl methyl sites for hydroxylation is 1. The molecule has 1 aromatic heterocycles. The van der Waals surface area contributed by atoms with Crippen LogP contribution in [0.4, 0.5) is 0 Å². The van der Waals surface area contributed by atoms with Crippen molar-refractivity contribution in [3.63, 3.8) is 0 Å². The van der Waals surface area contributed by atoms with Crippen molar-refractivity contribution in [3.05, 3.63) is 11.7 Å². The molecule has 0 bridgehead atoms. The largest absolute Gasteiger partial charge is 0.338 e. The van der Waals surface area contributed by atoms with Crippen LogP contribution in [0.5, 0.6) is 0 Å². The van der Waals surface area contributed by atoms with Crippen molar-refractivity contribution in [2.45, 2.75) is 39.3 Å². The summed E-state index contributed by atoms with van der Waals surface area (Å²) in [6.45, 7) is 8.27. The fourth-order valence-corrected chi connectivity index (χ4v) is 1.88. The summed E-state index contributed by atoms with van der Waals surface area (Å²) in [5.74, 6) is 1.55. The van der Waals surface area contributed by atoms with Crippen molar-refractivity contribution < 1.29 is 4.52 Å². The second-order valence-electron chi connectivity index (χ2n) is 4.24. The van der Waals surface area contributed by atoms with Gasteiger partial charge in [-0.25, -0.2) is 0 Å². The van der Waals surface area contributed by atoms with Gasteiger partial charge in [0.25, 0.3) is 0 Å². The molecule has 0 aromatic carbocycles. The van der Waals surface area contributed by atoms with Crippen LogP contribution in [-0.4, -0.2) is 40.7 Å². The monoisotopic (exact) mass is 224 g/mol. The van der Waals surface area contributed by atoms with E-state index in [2.05, 4.69) is 27.3 Å². The number of hydrogen-bond donors (Lipinski definition) is 1. The molecule has 0 spiro atoms. The minimum atomic E-state index is 0.636. The predicted octanol–water partition coefficient (Wildman–Crippen LogP) is 0.816. The van der Waals surface area contributed by atoms with Crippen LogP contribution in [0.3, 0.4) is 0 Å². The molecule has 0 radical (unpaired) electrons. The van der Waals surface area contributed by atoms with Gasteiger partial charge in [-0.05, 0) is 13.0 Å². The van der Waals surface area contributed by atoms with Crippen molar-refractivity contribution in [1.82, 2.24) is 20.4 Å². The van der Waals surface area contributed by atoms with Crippen molar-refractivity contribution in [2.24, 2.45) is 0 Å². The van der Waals surface area contributed by atoms with E-state index in [9.17, 15) is 0 Å². The highest BCUT2D eigenvalue weighted by molar-refractivity contribution is 4.90. The van der Waals surface area contributed by atoms with Crippen LogP contribution >= 0.6 is 0 Å². The van der Waals surface area contributed by atoms with Crippen LogP contribution in [0, 0.1) is 0 Å². The molecule has 1 fully saturated rings. The average Bonchev–Trinajstić information content (AvgIpc) is 2.63. The lowest BCUT2D eigenvalue weighted by atomic mass is 10.1. The molecule has 0 atom stereocenters. The van der Waals surface area contributed by atoms with Crippen LogP contribution in [-0.2, 0) is 13.0 Å². The first-order valence-electron chi connectivity index (χ1n) is 6.09. The molecule has 90 valence electrons. The molecule has 0 amide bonds. The van der Waals surface area contributed by atoms with Crippen molar-refractivity contribution in [2.75, 3.05) is 19.6 Å². The van der Waals surface area contributed by atoms with E-state index in [1.165, 1.54) is 0 Å². The molecule has 5 nitrogen and oxygen atoms in total. The molecule has 0 saturated carbocycles. The fourth-order valence-electron chi connectivity index (χ4n) is 1.88. The quantitative estimate of drug-likeness (QED) is 0.775. The van der Waals surface area contributed by atoms with Gasteiger partial charge in [-0.15, -0.1) is 0 Å². The van der Waals surface area contributed by atoms with Crippen molar-refractivity contribution in [1.29, 1.82) is 0 Å². The maximum atomic E-state index is 5.23. The highest BCUT2D eigenvalue weighted by Crippen LogP contribution is 2.11. The Hall–Kier alpha value is -0.940. The topological polar surface area (TPSA) is 54.2 Å². The Morgan fingerprint density at radius 3 is 2.75 bits per heavy atom. The maximum Gasteiger partial charge on any atom is 0.240 e. The van der Waals surface area contributed by atoms with E-state index in [0.717, 1.165) is 50.7 Å². The van der Waals surface area contributed by atoms with Gasteiger partial charge >= 0.3 is 0 Å². The highest BCUT2D eigenvalue weighted by Gasteiger charge is 2.25. The van der Waals surface area contributed by atoms with Crippen LogP contribution in [0.2, 0.25) is 0 Å². The van der Waals surface area contributed by atoms with Gasteiger partial charge in [0.15, 0.2) is 5.82 Å². The Labute approximate surface area is 96.2 Å². The van der Waals surface area contributed by atoms with Gasteiger partial charge in [-0.1, -0.05) is 19.0 Å². The lowest BCUT2D eigenvalue weighted by Crippen LogP contribution is -2.57. The van der Waals surface area contributed by atoms with E-state index in [4.69, 9.17) is 4.52 Å². The molecule has 16 heavy (non-hydrogen) atoms. The smallest absolute Gasteiger partial charge is 0.240 e. The molecule has 5 heteroatoms. The molecule has 1 aromatic rings. The van der Waals surface area contributed by atoms with Gasteiger partial charge in [0.05, 0.1) is 6.54 Å². The molecule has 0 unspecified atom stereocenters. The Kier molecular flexibility index (Phi) is 3.90. The Morgan fingerprint density at radius 1 is 1.44 bits per heavy atom. The summed E-state index contributed by atoms with van der Waals surface area (Å²) < 4.78 is 5.23. The third kappa shape index (κ3) is 2.59. The van der Waals surface area contributed by atoms with Gasteiger partial charge in [0, 0.05) is 25.6 Å². The first-order chi connectivity index (χ1) is 7.83. The average molecular weight is 224 g/mol. The van der Waals surface area contributed by atoms with Crippen LogP contribution in [0.25, 0.3) is 0 Å². The molecule has 1 aliphatic heterocycles. The minimum absolute atomic E-state index is 0.636. The van der Waals surface area contributed by atoms with Gasteiger partial charge in [0.1, 0.15) is 0 Å². The molecule has 1 saturated heterocycles. The lowest BCUT2D eigenvalue weighted by molar-refractivity contribution is 0.122. The third-order valence-electron chi connectivity index (χ3n) is 2.95. The molecule has 0 aliphatic carbocycles. The second-order valence-corrected chi connectivity index (χ2v) is 4.24. The number of hydrogen-bond acceptors (Lipinski definition) is 5. The van der Waals surface area contributed by atoms with E-state index in [-0.39, 0.29) is 0 Å².